The van der Waals surface area contributed by atoms with Crippen molar-refractivity contribution in [2.75, 3.05) is 55.7 Å². The number of nitrogens with zero attached hydrogens (tertiary/aromatic N) is 4. The first-order chi connectivity index (χ1) is 22.3. The van der Waals surface area contributed by atoms with Crippen LogP contribution in [0.4, 0.5) is 0 Å². The molecule has 0 saturated carbocycles. The molecule has 3 heterocycles. The van der Waals surface area contributed by atoms with Crippen LogP contribution in [-0.4, -0.2) is 87.5 Å². The van der Waals surface area contributed by atoms with Gasteiger partial charge in [-0.1, -0.05) is 0 Å². The number of carbonyl (C=O) groups excluding carboxylic acids is 1. The summed E-state index contributed by atoms with van der Waals surface area (Å²) in [6, 6.07) is 15.1. The zero-order chi connectivity index (χ0) is 32.8. The first kappa shape index (κ1) is 32.4. The van der Waals surface area contributed by atoms with E-state index in [0.717, 1.165) is 40.2 Å². The van der Waals surface area contributed by atoms with E-state index in [4.69, 9.17) is 28.4 Å². The van der Waals surface area contributed by atoms with Gasteiger partial charge in [-0.2, -0.15) is 0 Å². The van der Waals surface area contributed by atoms with Gasteiger partial charge >= 0.3 is 0 Å². The molecule has 0 N–H and O–H groups in total. The molecule has 1 amide bonds. The number of hydrogen-bond acceptors (Lipinski definition) is 10. The Labute approximate surface area is 269 Å². The van der Waals surface area contributed by atoms with Crippen molar-refractivity contribution < 1.29 is 33.2 Å². The van der Waals surface area contributed by atoms with Crippen LogP contribution in [0.3, 0.4) is 0 Å². The number of ether oxygens (including phenoxy) is 6. The zero-order valence-corrected chi connectivity index (χ0v) is 27.3. The van der Waals surface area contributed by atoms with E-state index in [1.54, 1.807) is 55.1 Å². The van der Waals surface area contributed by atoms with Crippen LogP contribution in [0.1, 0.15) is 18.1 Å². The van der Waals surface area contributed by atoms with Gasteiger partial charge in [0.15, 0.2) is 23.0 Å². The normalized spacial score (nSPS) is 15.0. The molecule has 0 spiro atoms. The average molecular weight is 629 g/mol. The lowest BCUT2D eigenvalue weighted by Crippen LogP contribution is -2.54. The average Bonchev–Trinajstić information content (AvgIpc) is 3.10. The Morgan fingerprint density at radius 3 is 1.48 bits per heavy atom. The summed E-state index contributed by atoms with van der Waals surface area (Å²) in [5.41, 5.74) is 5.22. The Morgan fingerprint density at radius 2 is 1.07 bits per heavy atom. The molecular weight excluding hydrogens is 588 g/mol. The largest absolute Gasteiger partial charge is 0.493 e. The maximum Gasteiger partial charge on any atom is 0.239 e. The topological polar surface area (TPSA) is 105 Å². The highest BCUT2D eigenvalue weighted by Gasteiger charge is 2.31. The van der Waals surface area contributed by atoms with E-state index in [0.29, 0.717) is 54.1 Å². The Morgan fingerprint density at radius 1 is 0.630 bits per heavy atom. The Hall–Kier alpha value is -5.03. The molecule has 1 aliphatic heterocycles. The van der Waals surface area contributed by atoms with E-state index in [-0.39, 0.29) is 11.9 Å². The molecule has 242 valence electrons. The van der Waals surface area contributed by atoms with E-state index in [2.05, 4.69) is 14.9 Å². The summed E-state index contributed by atoms with van der Waals surface area (Å²) in [7, 11) is 9.50. The van der Waals surface area contributed by atoms with Crippen molar-refractivity contribution in [1.29, 1.82) is 0 Å². The number of benzene rings is 2. The number of amides is 1. The smallest absolute Gasteiger partial charge is 0.239 e. The molecule has 0 bridgehead atoms. The third-order valence-electron chi connectivity index (χ3n) is 8.20. The molecule has 1 atom stereocenters. The lowest BCUT2D eigenvalue weighted by atomic mass is 10.1. The summed E-state index contributed by atoms with van der Waals surface area (Å²) in [5.74, 6) is 3.35. The van der Waals surface area contributed by atoms with Crippen molar-refractivity contribution in [2.24, 2.45) is 0 Å². The number of aromatic nitrogens is 2. The summed E-state index contributed by atoms with van der Waals surface area (Å²) in [6.45, 7) is 4.40. The van der Waals surface area contributed by atoms with Crippen molar-refractivity contribution in [2.45, 2.75) is 26.1 Å². The van der Waals surface area contributed by atoms with Crippen LogP contribution >= 0.6 is 0 Å². The van der Waals surface area contributed by atoms with Crippen molar-refractivity contribution >= 4 is 5.91 Å². The molecule has 46 heavy (non-hydrogen) atoms. The van der Waals surface area contributed by atoms with E-state index in [1.165, 1.54) is 0 Å². The predicted molar refractivity (Wildman–Crippen MR) is 174 cm³/mol. The maximum absolute atomic E-state index is 13.6. The fourth-order valence-corrected chi connectivity index (χ4v) is 5.72. The Kier molecular flexibility index (Phi) is 10.1. The van der Waals surface area contributed by atoms with Crippen molar-refractivity contribution in [3.05, 3.63) is 72.1 Å². The van der Waals surface area contributed by atoms with E-state index >= 15 is 0 Å². The summed E-state index contributed by atoms with van der Waals surface area (Å²) < 4.78 is 33.0. The molecule has 11 heteroatoms. The standard InChI is InChI=1S/C35H40N4O7/c1-22-35(40)39(21-24-9-11-37-28(15-24)26-18-31(43-4)34(46-7)32(19-26)44-5)13-12-38(22)20-23-8-10-36-27(14-23)25-16-29(41-2)33(45-6)30(17-25)42-3/h8-11,14-19,22H,12-13,20-21H2,1-7H3. The van der Waals surface area contributed by atoms with Crippen LogP contribution in [0.25, 0.3) is 22.5 Å². The molecule has 1 saturated heterocycles. The number of carbonyl (C=O) groups is 1. The fourth-order valence-electron chi connectivity index (χ4n) is 5.72. The second kappa shape index (κ2) is 14.4. The number of hydrogen-bond donors (Lipinski definition) is 0. The van der Waals surface area contributed by atoms with Crippen molar-refractivity contribution in [3.63, 3.8) is 0 Å². The molecule has 1 aliphatic rings. The number of methoxy groups -OCH3 is 6. The molecule has 0 aliphatic carbocycles. The molecule has 0 radical (unpaired) electrons. The highest BCUT2D eigenvalue weighted by Crippen LogP contribution is 2.42. The van der Waals surface area contributed by atoms with Crippen LogP contribution in [0.2, 0.25) is 0 Å². The highest BCUT2D eigenvalue weighted by atomic mass is 16.5. The van der Waals surface area contributed by atoms with Gasteiger partial charge < -0.3 is 33.3 Å². The summed E-state index contributed by atoms with van der Waals surface area (Å²) in [6.07, 6.45) is 3.54. The molecule has 2 aromatic heterocycles. The minimum Gasteiger partial charge on any atom is -0.493 e. The van der Waals surface area contributed by atoms with Gasteiger partial charge in [0.2, 0.25) is 17.4 Å². The molecule has 11 nitrogen and oxygen atoms in total. The first-order valence-corrected chi connectivity index (χ1v) is 14.9. The number of piperazine rings is 1. The summed E-state index contributed by atoms with van der Waals surface area (Å²) in [4.78, 5) is 26.8. The van der Waals surface area contributed by atoms with Gasteiger partial charge in [0.1, 0.15) is 0 Å². The van der Waals surface area contributed by atoms with Gasteiger partial charge in [0.05, 0.1) is 60.1 Å². The summed E-state index contributed by atoms with van der Waals surface area (Å²) >= 11 is 0. The van der Waals surface area contributed by atoms with E-state index in [1.807, 2.05) is 60.4 Å². The zero-order valence-electron chi connectivity index (χ0n) is 27.3. The van der Waals surface area contributed by atoms with Crippen LogP contribution < -0.4 is 28.4 Å². The quantitative estimate of drug-likeness (QED) is 0.211. The minimum atomic E-state index is -0.289. The van der Waals surface area contributed by atoms with Crippen molar-refractivity contribution in [3.8, 4) is 57.0 Å². The van der Waals surface area contributed by atoms with Gasteiger partial charge in [-0.25, -0.2) is 0 Å². The first-order valence-electron chi connectivity index (χ1n) is 14.9. The minimum absolute atomic E-state index is 0.0799. The lowest BCUT2D eigenvalue weighted by Gasteiger charge is -2.39. The SMILES string of the molecule is COc1cc(-c2cc(CN3CCN(Cc4ccnc(-c5cc(OC)c(OC)c(OC)c5)c4)C(C)C3=O)ccn2)cc(OC)c1OC. The fraction of sp³-hybridized carbons (Fsp3) is 0.343. The third kappa shape index (κ3) is 6.64. The Balaban J connectivity index is 1.29. The van der Waals surface area contributed by atoms with E-state index < -0.39 is 0 Å². The van der Waals surface area contributed by atoms with Gasteiger partial charge in [-0.3, -0.25) is 19.7 Å². The van der Waals surface area contributed by atoms with Crippen molar-refractivity contribution in [1.82, 2.24) is 19.8 Å². The summed E-state index contributed by atoms with van der Waals surface area (Å²) in [5, 5.41) is 0. The van der Waals surface area contributed by atoms with Gasteiger partial charge in [0, 0.05) is 49.7 Å². The van der Waals surface area contributed by atoms with Gasteiger partial charge in [-0.15, -0.1) is 0 Å². The molecule has 5 rings (SSSR count). The predicted octanol–water partition coefficient (Wildman–Crippen LogP) is 5.10. The number of rotatable bonds is 12. The lowest BCUT2D eigenvalue weighted by molar-refractivity contribution is -0.142. The molecular formula is C35H40N4O7. The molecule has 1 fully saturated rings. The Bertz CT molecular complexity index is 1650. The van der Waals surface area contributed by atoms with E-state index in [9.17, 15) is 4.79 Å². The highest BCUT2D eigenvalue weighted by molar-refractivity contribution is 5.82. The molecule has 2 aromatic carbocycles. The third-order valence-corrected chi connectivity index (χ3v) is 8.20. The van der Waals surface area contributed by atoms with Crippen LogP contribution in [0.5, 0.6) is 34.5 Å². The maximum atomic E-state index is 13.6. The van der Waals surface area contributed by atoms with Crippen LogP contribution in [0, 0.1) is 0 Å². The molecule has 4 aromatic rings. The molecule has 1 unspecified atom stereocenters. The second-order valence-electron chi connectivity index (χ2n) is 10.8. The number of pyridine rings is 2. The van der Waals surface area contributed by atoms with Gasteiger partial charge in [-0.05, 0) is 66.6 Å². The second-order valence-corrected chi connectivity index (χ2v) is 10.8. The van der Waals surface area contributed by atoms with Crippen LogP contribution in [0.15, 0.2) is 60.9 Å². The monoisotopic (exact) mass is 628 g/mol. The van der Waals surface area contributed by atoms with Crippen LogP contribution in [-0.2, 0) is 17.9 Å². The van der Waals surface area contributed by atoms with Gasteiger partial charge in [0.25, 0.3) is 0 Å².